The Morgan fingerprint density at radius 1 is 1.29 bits per heavy atom. The summed E-state index contributed by atoms with van der Waals surface area (Å²) >= 11 is 0. The number of benzene rings is 1. The van der Waals surface area contributed by atoms with Gasteiger partial charge in [0.05, 0.1) is 20.3 Å². The Morgan fingerprint density at radius 3 is 2.84 bits per heavy atom. The summed E-state index contributed by atoms with van der Waals surface area (Å²) in [6, 6.07) is 7.58. The standard InChI is InChI=1S/C23H28N4O4/c1-5-31-19-8-6-17(11-20(19)30-4)13-27(3)22(29)9-7-16-10-18-14-26(2)15-21(28)25-23(18)24-12-16/h6-12H,5,13-15H2,1-4H3,(H,24,25,28)/b9-7+. The number of ether oxygens (including phenoxy) is 2. The van der Waals surface area contributed by atoms with E-state index in [1.54, 1.807) is 31.3 Å². The van der Waals surface area contributed by atoms with Crippen LogP contribution in [0.4, 0.5) is 5.82 Å². The molecule has 8 nitrogen and oxygen atoms in total. The van der Waals surface area contributed by atoms with Crippen LogP contribution in [0, 0.1) is 0 Å². The van der Waals surface area contributed by atoms with Crippen molar-refractivity contribution < 1.29 is 19.1 Å². The van der Waals surface area contributed by atoms with Gasteiger partial charge in [-0.1, -0.05) is 6.07 Å². The maximum atomic E-state index is 12.6. The van der Waals surface area contributed by atoms with E-state index in [0.29, 0.717) is 43.6 Å². The van der Waals surface area contributed by atoms with Gasteiger partial charge in [0, 0.05) is 38.0 Å². The molecule has 3 rings (SSSR count). The molecule has 0 atom stereocenters. The van der Waals surface area contributed by atoms with E-state index in [-0.39, 0.29) is 11.8 Å². The number of rotatable bonds is 7. The molecule has 1 N–H and O–H groups in total. The molecule has 0 fully saturated rings. The van der Waals surface area contributed by atoms with Crippen molar-refractivity contribution in [3.05, 3.63) is 53.2 Å². The summed E-state index contributed by atoms with van der Waals surface area (Å²) in [7, 11) is 5.22. The summed E-state index contributed by atoms with van der Waals surface area (Å²) in [5, 5.41) is 2.80. The fourth-order valence-corrected chi connectivity index (χ4v) is 3.35. The number of hydrogen-bond donors (Lipinski definition) is 1. The van der Waals surface area contributed by atoms with Gasteiger partial charge in [0.25, 0.3) is 0 Å². The maximum Gasteiger partial charge on any atom is 0.246 e. The number of likely N-dealkylation sites (N-methyl/N-ethyl adjacent to an activating group) is 2. The van der Waals surface area contributed by atoms with Crippen molar-refractivity contribution in [3.63, 3.8) is 0 Å². The first kappa shape index (κ1) is 22.3. The molecule has 31 heavy (non-hydrogen) atoms. The van der Waals surface area contributed by atoms with Gasteiger partial charge < -0.3 is 19.7 Å². The fourth-order valence-electron chi connectivity index (χ4n) is 3.35. The largest absolute Gasteiger partial charge is 0.493 e. The van der Waals surface area contributed by atoms with E-state index in [9.17, 15) is 9.59 Å². The lowest BCUT2D eigenvalue weighted by molar-refractivity contribution is -0.125. The highest BCUT2D eigenvalue weighted by atomic mass is 16.5. The fraction of sp³-hybridized carbons (Fsp3) is 0.348. The van der Waals surface area contributed by atoms with Gasteiger partial charge in [0.15, 0.2) is 11.5 Å². The quantitative estimate of drug-likeness (QED) is 0.688. The van der Waals surface area contributed by atoms with Crippen LogP contribution < -0.4 is 14.8 Å². The molecule has 0 unspecified atom stereocenters. The van der Waals surface area contributed by atoms with Crippen molar-refractivity contribution in [3.8, 4) is 11.5 Å². The molecule has 1 aromatic carbocycles. The summed E-state index contributed by atoms with van der Waals surface area (Å²) in [4.78, 5) is 32.3. The van der Waals surface area contributed by atoms with Crippen LogP contribution >= 0.6 is 0 Å². The number of pyridine rings is 1. The van der Waals surface area contributed by atoms with E-state index in [0.717, 1.165) is 16.7 Å². The Morgan fingerprint density at radius 2 is 2.10 bits per heavy atom. The van der Waals surface area contributed by atoms with Crippen LogP contribution in [-0.2, 0) is 22.7 Å². The van der Waals surface area contributed by atoms with Crippen molar-refractivity contribution in [1.82, 2.24) is 14.8 Å². The molecule has 8 heteroatoms. The third kappa shape index (κ3) is 5.82. The number of aromatic nitrogens is 1. The molecule has 0 aliphatic carbocycles. The van der Waals surface area contributed by atoms with Crippen LogP contribution in [0.25, 0.3) is 6.08 Å². The molecule has 0 bridgehead atoms. The van der Waals surface area contributed by atoms with E-state index < -0.39 is 0 Å². The zero-order chi connectivity index (χ0) is 22.4. The topological polar surface area (TPSA) is 84.0 Å². The van der Waals surface area contributed by atoms with E-state index in [2.05, 4.69) is 10.3 Å². The minimum Gasteiger partial charge on any atom is -0.493 e. The predicted molar refractivity (Wildman–Crippen MR) is 119 cm³/mol. The number of nitrogens with zero attached hydrogens (tertiary/aromatic N) is 3. The molecule has 0 saturated heterocycles. The monoisotopic (exact) mass is 424 g/mol. The van der Waals surface area contributed by atoms with E-state index in [1.165, 1.54) is 6.08 Å². The number of amides is 2. The highest BCUT2D eigenvalue weighted by Gasteiger charge is 2.17. The molecule has 0 saturated carbocycles. The minimum absolute atomic E-state index is 0.0836. The average molecular weight is 425 g/mol. The van der Waals surface area contributed by atoms with Gasteiger partial charge >= 0.3 is 0 Å². The first-order valence-electron chi connectivity index (χ1n) is 10.1. The number of methoxy groups -OCH3 is 1. The SMILES string of the molecule is CCOc1ccc(CN(C)C(=O)/C=C/c2cnc3c(c2)CN(C)CC(=O)N3)cc1OC. The normalized spacial score (nSPS) is 14.0. The number of fused-ring (bicyclic) bond motifs is 1. The highest BCUT2D eigenvalue weighted by molar-refractivity contribution is 5.93. The zero-order valence-electron chi connectivity index (χ0n) is 18.3. The first-order chi connectivity index (χ1) is 14.9. The smallest absolute Gasteiger partial charge is 0.246 e. The van der Waals surface area contributed by atoms with Gasteiger partial charge in [-0.3, -0.25) is 14.5 Å². The van der Waals surface area contributed by atoms with Gasteiger partial charge in [-0.15, -0.1) is 0 Å². The van der Waals surface area contributed by atoms with E-state index in [4.69, 9.17) is 9.47 Å². The maximum absolute atomic E-state index is 12.6. The Hall–Kier alpha value is -3.39. The van der Waals surface area contributed by atoms with Crippen LogP contribution in [0.3, 0.4) is 0 Å². The van der Waals surface area contributed by atoms with Crippen molar-refractivity contribution in [2.24, 2.45) is 0 Å². The summed E-state index contributed by atoms with van der Waals surface area (Å²) in [5.41, 5.74) is 2.65. The van der Waals surface area contributed by atoms with E-state index in [1.807, 2.05) is 43.1 Å². The molecule has 1 aromatic heterocycles. The molecule has 1 aliphatic heterocycles. The van der Waals surface area contributed by atoms with Crippen LogP contribution in [0.15, 0.2) is 36.5 Å². The van der Waals surface area contributed by atoms with Crippen LogP contribution in [0.5, 0.6) is 11.5 Å². The lowest BCUT2D eigenvalue weighted by atomic mass is 10.1. The van der Waals surface area contributed by atoms with Gasteiger partial charge in [0.2, 0.25) is 11.8 Å². The first-order valence-corrected chi connectivity index (χ1v) is 10.1. The van der Waals surface area contributed by atoms with Gasteiger partial charge in [-0.25, -0.2) is 4.98 Å². The third-order valence-corrected chi connectivity index (χ3v) is 4.84. The Balaban J connectivity index is 1.66. The van der Waals surface area contributed by atoms with Crippen LogP contribution in [-0.4, -0.2) is 61.0 Å². The van der Waals surface area contributed by atoms with Crippen LogP contribution in [0.1, 0.15) is 23.6 Å². The number of carbonyl (C=O) groups excluding carboxylic acids is 2. The zero-order valence-corrected chi connectivity index (χ0v) is 18.3. The Bertz CT molecular complexity index is 990. The second-order valence-corrected chi connectivity index (χ2v) is 7.44. The summed E-state index contributed by atoms with van der Waals surface area (Å²) in [5.74, 6) is 1.68. The number of carbonyl (C=O) groups is 2. The average Bonchev–Trinajstić information content (AvgIpc) is 2.88. The molecular weight excluding hydrogens is 396 g/mol. The molecule has 1 aliphatic rings. The molecule has 2 amide bonds. The molecule has 2 aromatic rings. The van der Waals surface area contributed by atoms with Gasteiger partial charge in [0.1, 0.15) is 5.82 Å². The second-order valence-electron chi connectivity index (χ2n) is 7.44. The lowest BCUT2D eigenvalue weighted by Crippen LogP contribution is -2.26. The summed E-state index contributed by atoms with van der Waals surface area (Å²) < 4.78 is 10.9. The Labute approximate surface area is 182 Å². The Kier molecular flexibility index (Phi) is 7.25. The summed E-state index contributed by atoms with van der Waals surface area (Å²) in [6.45, 7) is 3.83. The number of anilines is 1. The number of hydrogen-bond acceptors (Lipinski definition) is 6. The summed E-state index contributed by atoms with van der Waals surface area (Å²) in [6.07, 6.45) is 4.90. The molecule has 2 heterocycles. The van der Waals surface area contributed by atoms with Crippen molar-refractivity contribution in [1.29, 1.82) is 0 Å². The highest BCUT2D eigenvalue weighted by Crippen LogP contribution is 2.28. The van der Waals surface area contributed by atoms with Crippen molar-refractivity contribution >= 4 is 23.7 Å². The van der Waals surface area contributed by atoms with E-state index >= 15 is 0 Å². The molecule has 0 radical (unpaired) electrons. The van der Waals surface area contributed by atoms with Gasteiger partial charge in [-0.2, -0.15) is 0 Å². The third-order valence-electron chi connectivity index (χ3n) is 4.84. The molecular formula is C23H28N4O4. The second kappa shape index (κ2) is 10.1. The van der Waals surface area contributed by atoms with Gasteiger partial charge in [-0.05, 0) is 49.4 Å². The number of nitrogens with one attached hydrogen (secondary N) is 1. The minimum atomic E-state index is -0.131. The molecule has 164 valence electrons. The van der Waals surface area contributed by atoms with Crippen molar-refractivity contribution in [2.75, 3.05) is 39.7 Å². The lowest BCUT2D eigenvalue weighted by Gasteiger charge is -2.17. The molecule has 0 spiro atoms. The van der Waals surface area contributed by atoms with Crippen LogP contribution in [0.2, 0.25) is 0 Å². The predicted octanol–water partition coefficient (Wildman–Crippen LogP) is 2.54. The van der Waals surface area contributed by atoms with Crippen molar-refractivity contribution in [2.45, 2.75) is 20.0 Å².